The first-order valence-corrected chi connectivity index (χ1v) is 9.85. The lowest BCUT2D eigenvalue weighted by Crippen LogP contribution is -2.33. The summed E-state index contributed by atoms with van der Waals surface area (Å²) in [6.45, 7) is 2.90. The number of amides is 1. The van der Waals surface area contributed by atoms with E-state index in [1.807, 2.05) is 12.1 Å². The number of aryl methyl sites for hydroxylation is 2. The molecule has 1 heterocycles. The van der Waals surface area contributed by atoms with Gasteiger partial charge in [-0.2, -0.15) is 0 Å². The Labute approximate surface area is 150 Å². The maximum atomic E-state index is 12.4. The molecule has 25 heavy (non-hydrogen) atoms. The van der Waals surface area contributed by atoms with Crippen molar-refractivity contribution in [1.29, 1.82) is 0 Å². The third-order valence-electron chi connectivity index (χ3n) is 5.52. The number of hydrogen-bond acceptors (Lipinski definition) is 3. The fourth-order valence-electron chi connectivity index (χ4n) is 3.95. The molecule has 3 rings (SSSR count). The Kier molecular flexibility index (Phi) is 6.62. The number of Topliss-reactive ketones (excluding diaryl/α,β-unsaturated/α-hetero) is 1. The molecule has 0 aromatic heterocycles. The lowest BCUT2D eigenvalue weighted by molar-refractivity contribution is -0.121. The van der Waals surface area contributed by atoms with Crippen molar-refractivity contribution in [3.63, 3.8) is 0 Å². The van der Waals surface area contributed by atoms with E-state index in [0.29, 0.717) is 18.8 Å². The van der Waals surface area contributed by atoms with Crippen molar-refractivity contribution >= 4 is 11.7 Å². The molecular formula is C21H30N2O2. The van der Waals surface area contributed by atoms with Gasteiger partial charge in [0.1, 0.15) is 0 Å². The number of carbonyl (C=O) groups is 2. The molecule has 1 unspecified atom stereocenters. The number of rotatable bonds is 7. The van der Waals surface area contributed by atoms with Crippen LogP contribution in [-0.4, -0.2) is 31.3 Å². The molecule has 0 bridgehead atoms. The fraction of sp³-hybridized carbons (Fsp3) is 0.619. The van der Waals surface area contributed by atoms with Crippen LogP contribution in [0.3, 0.4) is 0 Å². The van der Waals surface area contributed by atoms with E-state index in [9.17, 15) is 9.59 Å². The van der Waals surface area contributed by atoms with Crippen molar-refractivity contribution in [3.8, 4) is 0 Å². The largest absolute Gasteiger partial charge is 0.356 e. The molecule has 1 amide bonds. The van der Waals surface area contributed by atoms with Crippen LogP contribution in [0.4, 0.5) is 0 Å². The average molecular weight is 342 g/mol. The quantitative estimate of drug-likeness (QED) is 0.749. The number of benzene rings is 1. The first-order chi connectivity index (χ1) is 12.2. The lowest BCUT2D eigenvalue weighted by atomic mass is 9.89. The molecule has 1 saturated heterocycles. The highest BCUT2D eigenvalue weighted by Gasteiger charge is 2.15. The number of carbonyl (C=O) groups excluding carboxylic acids is 2. The van der Waals surface area contributed by atoms with E-state index >= 15 is 0 Å². The average Bonchev–Trinajstić information content (AvgIpc) is 2.66. The van der Waals surface area contributed by atoms with Crippen molar-refractivity contribution in [3.05, 3.63) is 34.9 Å². The van der Waals surface area contributed by atoms with Gasteiger partial charge in [-0.05, 0) is 81.1 Å². The topological polar surface area (TPSA) is 58.2 Å². The van der Waals surface area contributed by atoms with Gasteiger partial charge in [0.05, 0.1) is 0 Å². The van der Waals surface area contributed by atoms with E-state index in [0.717, 1.165) is 44.5 Å². The number of hydrogen-bond donors (Lipinski definition) is 2. The second-order valence-electron chi connectivity index (χ2n) is 7.46. The van der Waals surface area contributed by atoms with Crippen LogP contribution in [0.2, 0.25) is 0 Å². The highest BCUT2D eigenvalue weighted by atomic mass is 16.2. The van der Waals surface area contributed by atoms with Gasteiger partial charge >= 0.3 is 0 Å². The van der Waals surface area contributed by atoms with Crippen molar-refractivity contribution in [2.45, 2.75) is 57.8 Å². The normalized spacial score (nSPS) is 19.9. The Morgan fingerprint density at radius 2 is 1.92 bits per heavy atom. The summed E-state index contributed by atoms with van der Waals surface area (Å²) < 4.78 is 0. The summed E-state index contributed by atoms with van der Waals surface area (Å²) in [5, 5.41) is 6.36. The van der Waals surface area contributed by atoms with Gasteiger partial charge < -0.3 is 10.6 Å². The van der Waals surface area contributed by atoms with Crippen molar-refractivity contribution < 1.29 is 9.59 Å². The predicted octanol–water partition coefficient (Wildman–Crippen LogP) is 3.03. The molecule has 1 aliphatic heterocycles. The molecule has 1 fully saturated rings. The third-order valence-corrected chi connectivity index (χ3v) is 5.52. The van der Waals surface area contributed by atoms with Crippen LogP contribution in [0.5, 0.6) is 0 Å². The second kappa shape index (κ2) is 9.14. The van der Waals surface area contributed by atoms with Crippen LogP contribution in [0.15, 0.2) is 18.2 Å². The monoisotopic (exact) mass is 342 g/mol. The molecule has 1 atom stereocenters. The highest BCUT2D eigenvalue weighted by Crippen LogP contribution is 2.23. The minimum Gasteiger partial charge on any atom is -0.356 e. The van der Waals surface area contributed by atoms with E-state index in [4.69, 9.17) is 0 Å². The first kappa shape index (κ1) is 18.1. The van der Waals surface area contributed by atoms with Gasteiger partial charge in [-0.1, -0.05) is 12.1 Å². The molecule has 1 aromatic rings. The summed E-state index contributed by atoms with van der Waals surface area (Å²) in [5.41, 5.74) is 3.47. The van der Waals surface area contributed by atoms with Crippen molar-refractivity contribution in [2.75, 3.05) is 19.6 Å². The zero-order chi connectivity index (χ0) is 17.5. The molecule has 1 aromatic carbocycles. The van der Waals surface area contributed by atoms with E-state index < -0.39 is 0 Å². The Balaban J connectivity index is 1.38. The maximum Gasteiger partial charge on any atom is 0.220 e. The van der Waals surface area contributed by atoms with Crippen LogP contribution < -0.4 is 10.6 Å². The van der Waals surface area contributed by atoms with Crippen molar-refractivity contribution in [2.24, 2.45) is 5.92 Å². The van der Waals surface area contributed by atoms with E-state index in [1.54, 1.807) is 0 Å². The molecule has 2 aliphatic rings. The molecule has 4 heteroatoms. The summed E-state index contributed by atoms with van der Waals surface area (Å²) in [7, 11) is 0. The third kappa shape index (κ3) is 5.40. The smallest absolute Gasteiger partial charge is 0.220 e. The molecule has 0 spiro atoms. The summed E-state index contributed by atoms with van der Waals surface area (Å²) in [4.78, 5) is 24.3. The predicted molar refractivity (Wildman–Crippen MR) is 99.9 cm³/mol. The SMILES string of the molecule is O=C(CCC(=O)c1ccc2c(c1)CCCC2)NCCC1CCCNC1. The Hall–Kier alpha value is -1.68. The first-order valence-electron chi connectivity index (χ1n) is 9.85. The molecule has 2 N–H and O–H groups in total. The summed E-state index contributed by atoms with van der Waals surface area (Å²) in [6, 6.07) is 6.07. The minimum atomic E-state index is -0.00456. The van der Waals surface area contributed by atoms with E-state index in [-0.39, 0.29) is 11.7 Å². The lowest BCUT2D eigenvalue weighted by Gasteiger charge is -2.22. The van der Waals surface area contributed by atoms with E-state index in [2.05, 4.69) is 16.7 Å². The summed E-state index contributed by atoms with van der Waals surface area (Å²) in [5.74, 6) is 0.751. The number of nitrogens with one attached hydrogen (secondary N) is 2. The van der Waals surface area contributed by atoms with Gasteiger partial charge in [-0.25, -0.2) is 0 Å². The standard InChI is InChI=1S/C21H30N2O2/c24-20(19-8-7-17-5-1-2-6-18(17)14-19)9-10-21(25)23-13-11-16-4-3-12-22-15-16/h7-8,14,16,22H,1-6,9-13,15H2,(H,23,25). The molecular weight excluding hydrogens is 312 g/mol. The second-order valence-corrected chi connectivity index (χ2v) is 7.46. The Bertz CT molecular complexity index is 606. The molecule has 1 aliphatic carbocycles. The van der Waals surface area contributed by atoms with E-state index in [1.165, 1.54) is 36.8 Å². The number of ketones is 1. The molecule has 0 radical (unpaired) electrons. The number of fused-ring (bicyclic) bond motifs is 1. The zero-order valence-electron chi connectivity index (χ0n) is 15.1. The van der Waals surface area contributed by atoms with Gasteiger partial charge in [0.15, 0.2) is 5.78 Å². The van der Waals surface area contributed by atoms with Gasteiger partial charge in [0.2, 0.25) is 5.91 Å². The fourth-order valence-corrected chi connectivity index (χ4v) is 3.95. The van der Waals surface area contributed by atoms with Gasteiger partial charge in [0.25, 0.3) is 0 Å². The van der Waals surface area contributed by atoms with Gasteiger partial charge in [-0.3, -0.25) is 9.59 Å². The maximum absolute atomic E-state index is 12.4. The van der Waals surface area contributed by atoms with Crippen LogP contribution in [0, 0.1) is 5.92 Å². The van der Waals surface area contributed by atoms with Crippen LogP contribution in [0.1, 0.15) is 66.4 Å². The molecule has 0 saturated carbocycles. The Morgan fingerprint density at radius 1 is 1.08 bits per heavy atom. The minimum absolute atomic E-state index is 0.00456. The highest BCUT2D eigenvalue weighted by molar-refractivity contribution is 5.98. The van der Waals surface area contributed by atoms with Crippen LogP contribution in [-0.2, 0) is 17.6 Å². The van der Waals surface area contributed by atoms with Gasteiger partial charge in [0, 0.05) is 24.9 Å². The van der Waals surface area contributed by atoms with Crippen molar-refractivity contribution in [1.82, 2.24) is 10.6 Å². The molecule has 136 valence electrons. The Morgan fingerprint density at radius 3 is 2.72 bits per heavy atom. The summed E-state index contributed by atoms with van der Waals surface area (Å²) in [6.07, 6.45) is 8.76. The molecule has 4 nitrogen and oxygen atoms in total. The van der Waals surface area contributed by atoms with Gasteiger partial charge in [-0.15, -0.1) is 0 Å². The zero-order valence-corrected chi connectivity index (χ0v) is 15.1. The van der Waals surface area contributed by atoms with Crippen LogP contribution >= 0.6 is 0 Å². The summed E-state index contributed by atoms with van der Waals surface area (Å²) >= 11 is 0. The number of piperidine rings is 1. The van der Waals surface area contributed by atoms with Crippen LogP contribution in [0.25, 0.3) is 0 Å².